The van der Waals surface area contributed by atoms with Crippen LogP contribution in [0.2, 0.25) is 0 Å². The number of nitrogens with zero attached hydrogens (tertiary/aromatic N) is 2. The minimum absolute atomic E-state index is 0.00264. The Hall–Kier alpha value is -0.740. The van der Waals surface area contributed by atoms with Crippen molar-refractivity contribution in [1.82, 2.24) is 5.34 Å². The standard InChI is InChI=1S/C6H11F3N2/c1-2-3-4-5-6(10-7)11(8)9/h2-5H2,1H3/b10-6+. The highest BCUT2D eigenvalue weighted by Crippen LogP contribution is 2.05. The van der Waals surface area contributed by atoms with Crippen molar-refractivity contribution in [2.24, 2.45) is 5.21 Å². The van der Waals surface area contributed by atoms with Gasteiger partial charge in [0.1, 0.15) is 0 Å². The van der Waals surface area contributed by atoms with Crippen LogP contribution in [-0.2, 0) is 0 Å². The summed E-state index contributed by atoms with van der Waals surface area (Å²) < 4.78 is 34.6. The lowest BCUT2D eigenvalue weighted by molar-refractivity contribution is -0.0777. The molecule has 0 amide bonds. The minimum Gasteiger partial charge on any atom is -0.0735 e. The Bertz CT molecular complexity index is 125. The second-order valence-corrected chi connectivity index (χ2v) is 2.19. The summed E-state index contributed by atoms with van der Waals surface area (Å²) in [6.45, 7) is 1.94. The average Bonchev–Trinajstić information content (AvgIpc) is 1.97. The van der Waals surface area contributed by atoms with Crippen molar-refractivity contribution in [3.8, 4) is 0 Å². The molecule has 0 fully saturated rings. The van der Waals surface area contributed by atoms with E-state index in [9.17, 15) is 13.4 Å². The van der Waals surface area contributed by atoms with Gasteiger partial charge in [0, 0.05) is 6.42 Å². The molecule has 11 heavy (non-hydrogen) atoms. The van der Waals surface area contributed by atoms with Crippen LogP contribution in [0.3, 0.4) is 0 Å². The Kier molecular flexibility index (Phi) is 5.60. The van der Waals surface area contributed by atoms with Crippen molar-refractivity contribution in [3.05, 3.63) is 0 Å². The van der Waals surface area contributed by atoms with Gasteiger partial charge in [-0.3, -0.25) is 0 Å². The van der Waals surface area contributed by atoms with Crippen molar-refractivity contribution in [1.29, 1.82) is 0 Å². The fourth-order valence-electron chi connectivity index (χ4n) is 0.688. The maximum Gasteiger partial charge on any atom is 0.202 e. The molecular weight excluding hydrogens is 157 g/mol. The second-order valence-electron chi connectivity index (χ2n) is 2.19. The summed E-state index contributed by atoms with van der Waals surface area (Å²) in [5.41, 5.74) is 0. The normalized spacial score (nSPS) is 11.8. The van der Waals surface area contributed by atoms with E-state index in [0.717, 1.165) is 12.8 Å². The smallest absolute Gasteiger partial charge is 0.0735 e. The molecule has 0 rings (SSSR count). The number of unbranched alkanes of at least 4 members (excludes halogenated alkanes) is 2. The van der Waals surface area contributed by atoms with Crippen molar-refractivity contribution < 1.29 is 13.4 Å². The van der Waals surface area contributed by atoms with Gasteiger partial charge in [-0.05, 0) is 11.8 Å². The van der Waals surface area contributed by atoms with Gasteiger partial charge in [-0.1, -0.05) is 38.4 Å². The van der Waals surface area contributed by atoms with Crippen molar-refractivity contribution in [2.45, 2.75) is 32.6 Å². The molecule has 0 atom stereocenters. The summed E-state index contributed by atoms with van der Waals surface area (Å²) in [6, 6.07) is 0. The second kappa shape index (κ2) is 6.00. The molecule has 0 unspecified atom stereocenters. The predicted molar refractivity (Wildman–Crippen MR) is 36.7 cm³/mol. The summed E-state index contributed by atoms with van der Waals surface area (Å²) in [6.07, 6.45) is 2.27. The van der Waals surface area contributed by atoms with Crippen LogP contribution in [0.4, 0.5) is 13.4 Å². The number of rotatable bonds is 4. The van der Waals surface area contributed by atoms with E-state index in [1.54, 1.807) is 0 Å². The Morgan fingerprint density at radius 2 is 2.00 bits per heavy atom. The van der Waals surface area contributed by atoms with E-state index in [1.165, 1.54) is 0 Å². The van der Waals surface area contributed by atoms with Gasteiger partial charge < -0.3 is 0 Å². The van der Waals surface area contributed by atoms with Crippen LogP contribution in [0.25, 0.3) is 0 Å². The minimum atomic E-state index is -1.28. The van der Waals surface area contributed by atoms with Crippen LogP contribution >= 0.6 is 0 Å². The van der Waals surface area contributed by atoms with E-state index >= 15 is 0 Å². The van der Waals surface area contributed by atoms with Gasteiger partial charge in [0.25, 0.3) is 0 Å². The first-order valence-corrected chi connectivity index (χ1v) is 3.51. The lowest BCUT2D eigenvalue weighted by atomic mass is 10.2. The molecule has 0 aliphatic heterocycles. The molecule has 2 nitrogen and oxygen atoms in total. The highest BCUT2D eigenvalue weighted by atomic mass is 19.4. The molecule has 0 aromatic carbocycles. The molecular formula is C6H11F3N2. The van der Waals surface area contributed by atoms with Crippen molar-refractivity contribution in [2.75, 3.05) is 0 Å². The molecule has 0 aromatic rings. The fraction of sp³-hybridized carbons (Fsp3) is 0.833. The summed E-state index contributed by atoms with van der Waals surface area (Å²) >= 11 is 0. The van der Waals surface area contributed by atoms with Crippen molar-refractivity contribution >= 4 is 5.84 Å². The first-order valence-electron chi connectivity index (χ1n) is 3.51. The Balaban J connectivity index is 3.54. The molecule has 0 aromatic heterocycles. The highest BCUT2D eigenvalue weighted by molar-refractivity contribution is 5.79. The lowest BCUT2D eigenvalue weighted by Crippen LogP contribution is -2.12. The Labute approximate surface area is 63.5 Å². The first-order chi connectivity index (χ1) is 5.22. The quantitative estimate of drug-likeness (QED) is 0.273. The Morgan fingerprint density at radius 1 is 1.36 bits per heavy atom. The molecule has 0 N–H and O–H groups in total. The van der Waals surface area contributed by atoms with Crippen LogP contribution in [0, 0.1) is 0 Å². The SMILES string of the molecule is CCCCC/C(=N\F)N(F)F. The van der Waals surface area contributed by atoms with E-state index in [2.05, 4.69) is 0 Å². The molecule has 0 radical (unpaired) electrons. The molecule has 0 aliphatic rings. The summed E-state index contributed by atoms with van der Waals surface area (Å²) in [4.78, 5) is 0. The number of hydrogen-bond donors (Lipinski definition) is 0. The molecule has 0 aliphatic carbocycles. The average molecular weight is 168 g/mol. The van der Waals surface area contributed by atoms with Gasteiger partial charge in [0.15, 0.2) is 0 Å². The number of halogens is 3. The van der Waals surface area contributed by atoms with E-state index in [1.807, 2.05) is 12.1 Å². The molecule has 0 saturated carbocycles. The van der Waals surface area contributed by atoms with Gasteiger partial charge in [-0.15, -0.1) is 0 Å². The molecule has 0 bridgehead atoms. The van der Waals surface area contributed by atoms with Crippen LogP contribution in [0.15, 0.2) is 5.21 Å². The largest absolute Gasteiger partial charge is 0.202 e. The summed E-state index contributed by atoms with van der Waals surface area (Å²) in [5, 5.41) is 0.670. The molecule has 5 heteroatoms. The van der Waals surface area contributed by atoms with Gasteiger partial charge in [0.05, 0.1) is 0 Å². The molecule has 0 heterocycles. The third-order valence-corrected chi connectivity index (χ3v) is 1.30. The van der Waals surface area contributed by atoms with Gasteiger partial charge in [0.2, 0.25) is 5.84 Å². The topological polar surface area (TPSA) is 15.6 Å². The maximum atomic E-state index is 11.6. The summed E-state index contributed by atoms with van der Waals surface area (Å²) in [5.74, 6) is -0.793. The highest BCUT2D eigenvalue weighted by Gasteiger charge is 2.08. The number of hydrogen-bond acceptors (Lipinski definition) is 1. The van der Waals surface area contributed by atoms with Crippen molar-refractivity contribution in [3.63, 3.8) is 0 Å². The number of amidine groups is 1. The van der Waals surface area contributed by atoms with Crippen LogP contribution < -0.4 is 0 Å². The van der Waals surface area contributed by atoms with Crippen LogP contribution in [0.5, 0.6) is 0 Å². The third-order valence-electron chi connectivity index (χ3n) is 1.30. The Morgan fingerprint density at radius 3 is 2.36 bits per heavy atom. The van der Waals surface area contributed by atoms with Gasteiger partial charge >= 0.3 is 0 Å². The zero-order valence-electron chi connectivity index (χ0n) is 6.36. The monoisotopic (exact) mass is 168 g/mol. The molecule has 0 spiro atoms. The van der Waals surface area contributed by atoms with E-state index < -0.39 is 11.2 Å². The lowest BCUT2D eigenvalue weighted by Gasteiger charge is -2.02. The van der Waals surface area contributed by atoms with Crippen LogP contribution in [0.1, 0.15) is 32.6 Å². The maximum absolute atomic E-state index is 11.6. The zero-order valence-corrected chi connectivity index (χ0v) is 6.36. The van der Waals surface area contributed by atoms with E-state index in [0.29, 0.717) is 6.42 Å². The fourth-order valence-corrected chi connectivity index (χ4v) is 0.688. The zero-order chi connectivity index (χ0) is 8.69. The summed E-state index contributed by atoms with van der Waals surface area (Å²) in [7, 11) is 0. The van der Waals surface area contributed by atoms with Gasteiger partial charge in [-0.2, -0.15) is 0 Å². The van der Waals surface area contributed by atoms with E-state index in [-0.39, 0.29) is 6.42 Å². The first kappa shape index (κ1) is 10.3. The predicted octanol–water partition coefficient (Wildman–Crippen LogP) is 2.92. The third kappa shape index (κ3) is 4.64. The van der Waals surface area contributed by atoms with Crippen LogP contribution in [-0.4, -0.2) is 11.2 Å². The molecule has 0 saturated heterocycles. The van der Waals surface area contributed by atoms with E-state index in [4.69, 9.17) is 0 Å². The van der Waals surface area contributed by atoms with Gasteiger partial charge in [-0.25, -0.2) is 0 Å². The molecule has 66 valence electrons.